The van der Waals surface area contributed by atoms with Crippen LogP contribution in [0.15, 0.2) is 48.7 Å². The lowest BCUT2D eigenvalue weighted by Gasteiger charge is -2.13. The van der Waals surface area contributed by atoms with Gasteiger partial charge in [-0.25, -0.2) is 0 Å². The van der Waals surface area contributed by atoms with Crippen molar-refractivity contribution in [1.29, 1.82) is 0 Å². The van der Waals surface area contributed by atoms with Gasteiger partial charge in [0.05, 0.1) is 17.0 Å². The molecule has 5 heteroatoms. The number of nitrogens with zero attached hydrogens (tertiary/aromatic N) is 1. The summed E-state index contributed by atoms with van der Waals surface area (Å²) in [6.07, 6.45) is 5.35. The second-order valence-corrected chi connectivity index (χ2v) is 5.02. The molecule has 106 valence electrons. The zero-order chi connectivity index (χ0) is 14.8. The Labute approximate surface area is 121 Å². The summed E-state index contributed by atoms with van der Waals surface area (Å²) >= 11 is 0. The van der Waals surface area contributed by atoms with Gasteiger partial charge in [0.15, 0.2) is 0 Å². The van der Waals surface area contributed by atoms with Crippen LogP contribution in [0.3, 0.4) is 0 Å². The minimum atomic E-state index is -0.864. The highest BCUT2D eigenvalue weighted by atomic mass is 16.4. The van der Waals surface area contributed by atoms with E-state index >= 15 is 0 Å². The van der Waals surface area contributed by atoms with Crippen molar-refractivity contribution in [1.82, 2.24) is 10.3 Å². The van der Waals surface area contributed by atoms with E-state index in [1.807, 2.05) is 24.3 Å². The van der Waals surface area contributed by atoms with Crippen LogP contribution < -0.4 is 5.32 Å². The van der Waals surface area contributed by atoms with Crippen molar-refractivity contribution in [3.8, 4) is 0 Å². The smallest absolute Gasteiger partial charge is 0.310 e. The third-order valence-corrected chi connectivity index (χ3v) is 3.61. The summed E-state index contributed by atoms with van der Waals surface area (Å²) in [5, 5.41) is 12.6. The summed E-state index contributed by atoms with van der Waals surface area (Å²) in [6, 6.07) is 8.85. The number of carbonyl (C=O) groups excluding carboxylic acids is 1. The number of rotatable bonds is 3. The highest BCUT2D eigenvalue weighted by Gasteiger charge is 2.25. The summed E-state index contributed by atoms with van der Waals surface area (Å²) in [5.74, 6) is -1.60. The number of fused-ring (bicyclic) bond motifs is 1. The fourth-order valence-electron chi connectivity index (χ4n) is 2.53. The van der Waals surface area contributed by atoms with Crippen LogP contribution >= 0.6 is 0 Å². The van der Waals surface area contributed by atoms with Crippen molar-refractivity contribution in [2.75, 3.05) is 0 Å². The molecule has 2 atom stereocenters. The highest BCUT2D eigenvalue weighted by Crippen LogP contribution is 2.20. The number of hydrogen-bond donors (Lipinski definition) is 2. The highest BCUT2D eigenvalue weighted by molar-refractivity contribution is 6.06. The maximum Gasteiger partial charge on any atom is 0.310 e. The summed E-state index contributed by atoms with van der Waals surface area (Å²) in [6.45, 7) is 0. The Morgan fingerprint density at radius 2 is 2.00 bits per heavy atom. The first-order valence-corrected chi connectivity index (χ1v) is 6.71. The molecule has 1 heterocycles. The van der Waals surface area contributed by atoms with Crippen LogP contribution in [0.1, 0.15) is 16.8 Å². The number of para-hydroxylation sites is 1. The molecule has 1 aliphatic carbocycles. The molecule has 2 N–H and O–H groups in total. The Kier molecular flexibility index (Phi) is 3.39. The number of benzene rings is 1. The summed E-state index contributed by atoms with van der Waals surface area (Å²) in [4.78, 5) is 27.5. The maximum atomic E-state index is 12.4. The molecule has 2 aromatic rings. The van der Waals surface area contributed by atoms with Crippen LogP contribution in [0.4, 0.5) is 0 Å². The number of aromatic nitrogens is 1. The first-order chi connectivity index (χ1) is 10.1. The summed E-state index contributed by atoms with van der Waals surface area (Å²) in [7, 11) is 0. The molecule has 0 saturated heterocycles. The number of amides is 1. The predicted octanol–water partition coefficient (Wildman–Crippen LogP) is 1.99. The third-order valence-electron chi connectivity index (χ3n) is 3.61. The van der Waals surface area contributed by atoms with E-state index in [0.29, 0.717) is 12.0 Å². The Bertz CT molecular complexity index is 734. The standard InChI is InChI=1S/C16H14N2O3/c19-15(18-11-6-5-10(9-11)16(20)21)13-7-8-17-14-4-2-1-3-12(13)14/h1-8,10-11H,9H2,(H,18,19)(H,20,21). The Morgan fingerprint density at radius 3 is 2.76 bits per heavy atom. The average molecular weight is 282 g/mol. The molecular formula is C16H14N2O3. The lowest BCUT2D eigenvalue weighted by molar-refractivity contribution is -0.140. The lowest BCUT2D eigenvalue weighted by Crippen LogP contribution is -2.33. The van der Waals surface area contributed by atoms with Gasteiger partial charge in [0.2, 0.25) is 0 Å². The van der Waals surface area contributed by atoms with Crippen molar-refractivity contribution in [3.05, 3.63) is 54.2 Å². The fourth-order valence-corrected chi connectivity index (χ4v) is 2.53. The maximum absolute atomic E-state index is 12.4. The van der Waals surface area contributed by atoms with Gasteiger partial charge >= 0.3 is 5.97 Å². The molecule has 1 aliphatic rings. The van der Waals surface area contributed by atoms with E-state index < -0.39 is 11.9 Å². The van der Waals surface area contributed by atoms with Crippen LogP contribution in [0.2, 0.25) is 0 Å². The third kappa shape index (κ3) is 2.63. The largest absolute Gasteiger partial charge is 0.481 e. The fraction of sp³-hybridized carbons (Fsp3) is 0.188. The van der Waals surface area contributed by atoms with Crippen LogP contribution in [0, 0.1) is 5.92 Å². The van der Waals surface area contributed by atoms with Gasteiger partial charge in [0.25, 0.3) is 5.91 Å². The monoisotopic (exact) mass is 282 g/mol. The first-order valence-electron chi connectivity index (χ1n) is 6.71. The van der Waals surface area contributed by atoms with E-state index in [0.717, 1.165) is 10.9 Å². The molecule has 0 fully saturated rings. The summed E-state index contributed by atoms with van der Waals surface area (Å²) in [5.41, 5.74) is 1.31. The quantitative estimate of drug-likeness (QED) is 0.844. The zero-order valence-electron chi connectivity index (χ0n) is 11.2. The van der Waals surface area contributed by atoms with E-state index in [-0.39, 0.29) is 11.9 Å². The first kappa shape index (κ1) is 13.3. The number of hydrogen-bond acceptors (Lipinski definition) is 3. The number of carbonyl (C=O) groups is 2. The molecule has 0 aliphatic heterocycles. The van der Waals surface area contributed by atoms with Crippen LogP contribution in [-0.2, 0) is 4.79 Å². The molecule has 1 aromatic carbocycles. The number of carboxylic acid groups (broad SMARTS) is 1. The van der Waals surface area contributed by atoms with Gasteiger partial charge < -0.3 is 10.4 Å². The number of nitrogens with one attached hydrogen (secondary N) is 1. The van der Waals surface area contributed by atoms with E-state index in [1.165, 1.54) is 0 Å². The zero-order valence-corrected chi connectivity index (χ0v) is 11.2. The predicted molar refractivity (Wildman–Crippen MR) is 77.9 cm³/mol. The van der Waals surface area contributed by atoms with Crippen LogP contribution in [0.5, 0.6) is 0 Å². The molecular weight excluding hydrogens is 268 g/mol. The van der Waals surface area contributed by atoms with Gasteiger partial charge in [-0.3, -0.25) is 14.6 Å². The molecule has 2 unspecified atom stereocenters. The number of aliphatic carboxylic acids is 1. The van der Waals surface area contributed by atoms with Crippen LogP contribution in [0.25, 0.3) is 10.9 Å². The van der Waals surface area contributed by atoms with E-state index in [2.05, 4.69) is 10.3 Å². The molecule has 0 bridgehead atoms. The SMILES string of the molecule is O=C(NC1C=CC(C(=O)O)C1)c1ccnc2ccccc12. The lowest BCUT2D eigenvalue weighted by atomic mass is 10.1. The average Bonchev–Trinajstić information content (AvgIpc) is 2.95. The normalized spacial score (nSPS) is 20.6. The van der Waals surface area contributed by atoms with Crippen molar-refractivity contribution in [3.63, 3.8) is 0 Å². The van der Waals surface area contributed by atoms with Gasteiger partial charge in [0.1, 0.15) is 0 Å². The molecule has 0 radical (unpaired) electrons. The van der Waals surface area contributed by atoms with E-state index in [1.54, 1.807) is 24.4 Å². The second-order valence-electron chi connectivity index (χ2n) is 5.02. The number of carboxylic acids is 1. The van der Waals surface area contributed by atoms with Crippen LogP contribution in [-0.4, -0.2) is 28.0 Å². The van der Waals surface area contributed by atoms with Gasteiger partial charge in [-0.15, -0.1) is 0 Å². The van der Waals surface area contributed by atoms with Crippen molar-refractivity contribution >= 4 is 22.8 Å². The summed E-state index contributed by atoms with van der Waals surface area (Å²) < 4.78 is 0. The van der Waals surface area contributed by atoms with Gasteiger partial charge in [0, 0.05) is 17.6 Å². The molecule has 1 aromatic heterocycles. The van der Waals surface area contributed by atoms with Crippen molar-refractivity contribution in [2.24, 2.45) is 5.92 Å². The van der Waals surface area contributed by atoms with E-state index in [4.69, 9.17) is 5.11 Å². The molecule has 5 nitrogen and oxygen atoms in total. The number of pyridine rings is 1. The minimum absolute atomic E-state index is 0.214. The molecule has 3 rings (SSSR count). The molecule has 21 heavy (non-hydrogen) atoms. The topological polar surface area (TPSA) is 79.3 Å². The van der Waals surface area contributed by atoms with Gasteiger partial charge in [-0.2, -0.15) is 0 Å². The van der Waals surface area contributed by atoms with E-state index in [9.17, 15) is 9.59 Å². The Balaban J connectivity index is 1.80. The second kappa shape index (κ2) is 5.36. The molecule has 1 amide bonds. The molecule has 0 spiro atoms. The Morgan fingerprint density at radius 1 is 1.19 bits per heavy atom. The molecule has 0 saturated carbocycles. The van der Waals surface area contributed by atoms with Gasteiger partial charge in [-0.05, 0) is 18.6 Å². The minimum Gasteiger partial charge on any atom is -0.481 e. The Hall–Kier alpha value is -2.69. The van der Waals surface area contributed by atoms with Crippen molar-refractivity contribution < 1.29 is 14.7 Å². The van der Waals surface area contributed by atoms with Crippen molar-refractivity contribution in [2.45, 2.75) is 12.5 Å². The van der Waals surface area contributed by atoms with Gasteiger partial charge in [-0.1, -0.05) is 30.4 Å².